The molecular weight excluding hydrogens is 170 g/mol. The molecule has 0 fully saturated rings. The molecule has 0 rings (SSSR count). The van der Waals surface area contributed by atoms with Crippen molar-refractivity contribution in [2.45, 2.75) is 32.7 Å². The Morgan fingerprint density at radius 3 is 2.64 bits per heavy atom. The second-order valence-corrected chi connectivity index (χ2v) is 3.19. The summed E-state index contributed by atoms with van der Waals surface area (Å²) in [5, 5.41) is 3.42. The highest BCUT2D eigenvalue weighted by Gasteiger charge is 1.98. The van der Waals surface area contributed by atoms with Crippen molar-refractivity contribution in [1.82, 2.24) is 5.32 Å². The summed E-state index contributed by atoms with van der Waals surface area (Å²) in [6, 6.07) is 0.351. The summed E-state index contributed by atoms with van der Waals surface area (Å²) in [5.74, 6) is 0. The molecule has 78 valence electrons. The standard InChI is InChI=1S/C13H21N/c1-5-8-10-12(4)14-13(7-3)11-9-6-2/h5-8,10,12,14H,1-2,9,11H2,3-4H3/b10-8+,13-7+. The maximum absolute atomic E-state index is 3.71. The molecule has 1 heteroatoms. The van der Waals surface area contributed by atoms with E-state index in [4.69, 9.17) is 0 Å². The lowest BCUT2D eigenvalue weighted by atomic mass is 10.2. The van der Waals surface area contributed by atoms with Crippen molar-refractivity contribution in [2.75, 3.05) is 0 Å². The Labute approximate surface area is 87.9 Å². The summed E-state index contributed by atoms with van der Waals surface area (Å²) in [7, 11) is 0. The normalized spacial score (nSPS) is 14.0. The fourth-order valence-corrected chi connectivity index (χ4v) is 1.14. The first kappa shape index (κ1) is 12.8. The maximum atomic E-state index is 3.71. The molecule has 0 aromatic rings. The molecule has 1 atom stereocenters. The van der Waals surface area contributed by atoms with Crippen LogP contribution < -0.4 is 5.32 Å². The Hall–Kier alpha value is -1.24. The van der Waals surface area contributed by atoms with Gasteiger partial charge in [0.2, 0.25) is 0 Å². The highest BCUT2D eigenvalue weighted by Crippen LogP contribution is 2.03. The zero-order valence-electron chi connectivity index (χ0n) is 9.29. The van der Waals surface area contributed by atoms with E-state index < -0.39 is 0 Å². The van der Waals surface area contributed by atoms with Crippen LogP contribution in [0.4, 0.5) is 0 Å². The van der Waals surface area contributed by atoms with Crippen LogP contribution in [-0.4, -0.2) is 6.04 Å². The van der Waals surface area contributed by atoms with Crippen LogP contribution in [0.25, 0.3) is 0 Å². The van der Waals surface area contributed by atoms with Gasteiger partial charge in [0.05, 0.1) is 0 Å². The average molecular weight is 191 g/mol. The van der Waals surface area contributed by atoms with E-state index in [0.29, 0.717) is 6.04 Å². The van der Waals surface area contributed by atoms with Crippen LogP contribution in [0, 0.1) is 0 Å². The van der Waals surface area contributed by atoms with Gasteiger partial charge in [0.15, 0.2) is 0 Å². The minimum atomic E-state index is 0.351. The van der Waals surface area contributed by atoms with E-state index >= 15 is 0 Å². The van der Waals surface area contributed by atoms with E-state index in [1.54, 1.807) is 6.08 Å². The number of allylic oxidation sites excluding steroid dienone is 5. The fraction of sp³-hybridized carbons (Fsp3) is 0.385. The third kappa shape index (κ3) is 6.30. The van der Waals surface area contributed by atoms with Gasteiger partial charge < -0.3 is 5.32 Å². The summed E-state index contributed by atoms with van der Waals surface area (Å²) < 4.78 is 0. The van der Waals surface area contributed by atoms with Crippen molar-refractivity contribution in [3.05, 3.63) is 49.2 Å². The predicted molar refractivity (Wildman–Crippen MR) is 65.1 cm³/mol. The molecule has 0 aliphatic heterocycles. The first-order valence-electron chi connectivity index (χ1n) is 5.06. The van der Waals surface area contributed by atoms with Gasteiger partial charge in [-0.25, -0.2) is 0 Å². The van der Waals surface area contributed by atoms with Crippen LogP contribution in [-0.2, 0) is 0 Å². The van der Waals surface area contributed by atoms with E-state index in [2.05, 4.69) is 44.5 Å². The first-order chi connectivity index (χ1) is 6.74. The maximum Gasteiger partial charge on any atom is 0.0416 e. The summed E-state index contributed by atoms with van der Waals surface area (Å²) in [4.78, 5) is 0. The molecule has 0 radical (unpaired) electrons. The number of nitrogens with one attached hydrogen (secondary N) is 1. The lowest BCUT2D eigenvalue weighted by Gasteiger charge is -2.14. The van der Waals surface area contributed by atoms with Gasteiger partial charge in [-0.05, 0) is 26.7 Å². The molecular formula is C13H21N. The second-order valence-electron chi connectivity index (χ2n) is 3.19. The van der Waals surface area contributed by atoms with Gasteiger partial charge in [-0.15, -0.1) is 6.58 Å². The van der Waals surface area contributed by atoms with Crippen molar-refractivity contribution >= 4 is 0 Å². The topological polar surface area (TPSA) is 12.0 Å². The molecule has 0 aliphatic carbocycles. The third-order valence-corrected chi connectivity index (χ3v) is 1.92. The Morgan fingerprint density at radius 1 is 1.43 bits per heavy atom. The third-order valence-electron chi connectivity index (χ3n) is 1.92. The van der Waals surface area contributed by atoms with Crippen LogP contribution >= 0.6 is 0 Å². The van der Waals surface area contributed by atoms with Gasteiger partial charge in [-0.1, -0.05) is 37.0 Å². The molecule has 0 amide bonds. The van der Waals surface area contributed by atoms with Gasteiger partial charge in [-0.2, -0.15) is 0 Å². The van der Waals surface area contributed by atoms with Gasteiger partial charge in [0.1, 0.15) is 0 Å². The van der Waals surface area contributed by atoms with E-state index in [1.807, 2.05) is 12.2 Å². The molecule has 0 aromatic carbocycles. The van der Waals surface area contributed by atoms with Crippen molar-refractivity contribution in [3.63, 3.8) is 0 Å². The quantitative estimate of drug-likeness (QED) is 0.479. The Bertz CT molecular complexity index is 223. The SMILES string of the molecule is C=C/C=C/C(C)N/C(=C/C)CCC=C. The van der Waals surface area contributed by atoms with E-state index in [-0.39, 0.29) is 0 Å². The van der Waals surface area contributed by atoms with Crippen molar-refractivity contribution in [1.29, 1.82) is 0 Å². The molecule has 1 N–H and O–H groups in total. The van der Waals surface area contributed by atoms with E-state index in [0.717, 1.165) is 12.8 Å². The molecule has 0 spiro atoms. The van der Waals surface area contributed by atoms with E-state index in [9.17, 15) is 0 Å². The summed E-state index contributed by atoms with van der Waals surface area (Å²) in [5.41, 5.74) is 1.27. The van der Waals surface area contributed by atoms with Crippen LogP contribution in [0.15, 0.2) is 49.2 Å². The van der Waals surface area contributed by atoms with Crippen LogP contribution in [0.1, 0.15) is 26.7 Å². The first-order valence-corrected chi connectivity index (χ1v) is 5.06. The highest BCUT2D eigenvalue weighted by molar-refractivity contribution is 5.07. The molecule has 0 bridgehead atoms. The lowest BCUT2D eigenvalue weighted by Crippen LogP contribution is -2.23. The second kappa shape index (κ2) is 8.36. The molecule has 14 heavy (non-hydrogen) atoms. The zero-order chi connectivity index (χ0) is 10.8. The van der Waals surface area contributed by atoms with E-state index in [1.165, 1.54) is 5.70 Å². The van der Waals surface area contributed by atoms with Gasteiger partial charge >= 0.3 is 0 Å². The Morgan fingerprint density at radius 2 is 2.14 bits per heavy atom. The highest BCUT2D eigenvalue weighted by atomic mass is 14.9. The summed E-state index contributed by atoms with van der Waals surface area (Å²) >= 11 is 0. The average Bonchev–Trinajstić information content (AvgIpc) is 2.21. The van der Waals surface area contributed by atoms with Crippen LogP contribution in [0.5, 0.6) is 0 Å². The molecule has 1 nitrogen and oxygen atoms in total. The van der Waals surface area contributed by atoms with Crippen molar-refractivity contribution in [3.8, 4) is 0 Å². The van der Waals surface area contributed by atoms with Gasteiger partial charge in [0.25, 0.3) is 0 Å². The smallest absolute Gasteiger partial charge is 0.0416 e. The Kier molecular flexibility index (Phi) is 7.62. The lowest BCUT2D eigenvalue weighted by molar-refractivity contribution is 0.689. The summed E-state index contributed by atoms with van der Waals surface area (Å²) in [6.45, 7) is 11.5. The van der Waals surface area contributed by atoms with Crippen LogP contribution in [0.2, 0.25) is 0 Å². The largest absolute Gasteiger partial charge is 0.383 e. The van der Waals surface area contributed by atoms with Crippen molar-refractivity contribution < 1.29 is 0 Å². The molecule has 0 aromatic heterocycles. The molecule has 0 heterocycles. The molecule has 0 saturated heterocycles. The van der Waals surface area contributed by atoms with Crippen LogP contribution in [0.3, 0.4) is 0 Å². The Balaban J connectivity index is 3.98. The minimum Gasteiger partial charge on any atom is -0.383 e. The molecule has 1 unspecified atom stereocenters. The van der Waals surface area contributed by atoms with Gasteiger partial charge in [-0.3, -0.25) is 0 Å². The number of hydrogen-bond donors (Lipinski definition) is 1. The fourth-order valence-electron chi connectivity index (χ4n) is 1.14. The van der Waals surface area contributed by atoms with Gasteiger partial charge in [0, 0.05) is 11.7 Å². The predicted octanol–water partition coefficient (Wildman–Crippen LogP) is 3.58. The number of rotatable bonds is 7. The monoisotopic (exact) mass is 191 g/mol. The molecule has 0 saturated carbocycles. The minimum absolute atomic E-state index is 0.351. The number of hydrogen-bond acceptors (Lipinski definition) is 1. The molecule has 0 aliphatic rings. The zero-order valence-corrected chi connectivity index (χ0v) is 9.29. The summed E-state index contributed by atoms with van der Waals surface area (Å²) in [6.07, 6.45) is 11.9. The van der Waals surface area contributed by atoms with Crippen molar-refractivity contribution in [2.24, 2.45) is 0 Å².